The van der Waals surface area contributed by atoms with Crippen molar-refractivity contribution >= 4 is 58.4 Å². The Kier molecular flexibility index (Phi) is 6.97. The molecule has 1 heterocycles. The van der Waals surface area contributed by atoms with Gasteiger partial charge in [-0.1, -0.05) is 34.8 Å². The summed E-state index contributed by atoms with van der Waals surface area (Å²) < 4.78 is 5.04. The van der Waals surface area contributed by atoms with E-state index in [1.807, 2.05) is 0 Å². The number of ketones is 1. The third kappa shape index (κ3) is 5.30. The van der Waals surface area contributed by atoms with Crippen LogP contribution in [0.25, 0.3) is 0 Å². The average molecular weight is 470 g/mol. The summed E-state index contributed by atoms with van der Waals surface area (Å²) in [5.74, 6) is -2.92. The van der Waals surface area contributed by atoms with E-state index < -0.39 is 36.1 Å². The molecule has 0 spiro atoms. The van der Waals surface area contributed by atoms with Gasteiger partial charge in [0.05, 0.1) is 22.5 Å². The minimum Gasteiger partial charge on any atom is -0.457 e. The molecule has 1 aliphatic rings. The van der Waals surface area contributed by atoms with Crippen LogP contribution in [0.1, 0.15) is 27.1 Å². The normalized spacial score (nSPS) is 15.8. The molecule has 30 heavy (non-hydrogen) atoms. The number of carbonyl (C=O) groups excluding carboxylic acids is 4. The molecule has 1 atom stereocenters. The second-order valence-electron chi connectivity index (χ2n) is 6.51. The second kappa shape index (κ2) is 9.47. The SMILES string of the molecule is O=C(COC(=O)C1CC(=O)N(NC(=O)c2ccc(Cl)c(Cl)c2)C1)c1ccc(Cl)cc1. The average Bonchev–Trinajstić information content (AvgIpc) is 3.08. The van der Waals surface area contributed by atoms with Crippen molar-refractivity contribution in [3.8, 4) is 0 Å². The van der Waals surface area contributed by atoms with Gasteiger partial charge in [-0.3, -0.25) is 29.6 Å². The van der Waals surface area contributed by atoms with Gasteiger partial charge in [0, 0.05) is 22.6 Å². The fourth-order valence-electron chi connectivity index (χ4n) is 2.77. The van der Waals surface area contributed by atoms with Crippen LogP contribution in [0.3, 0.4) is 0 Å². The van der Waals surface area contributed by atoms with Crippen LogP contribution in [0.2, 0.25) is 15.1 Å². The number of esters is 1. The Labute approximate surface area is 186 Å². The number of carbonyl (C=O) groups is 4. The van der Waals surface area contributed by atoms with Crippen molar-refractivity contribution in [1.82, 2.24) is 10.4 Å². The monoisotopic (exact) mass is 468 g/mol. The van der Waals surface area contributed by atoms with E-state index in [1.54, 1.807) is 12.1 Å². The largest absolute Gasteiger partial charge is 0.457 e. The van der Waals surface area contributed by atoms with Crippen molar-refractivity contribution < 1.29 is 23.9 Å². The van der Waals surface area contributed by atoms with Gasteiger partial charge >= 0.3 is 5.97 Å². The molecular weight excluding hydrogens is 455 g/mol. The van der Waals surface area contributed by atoms with Crippen molar-refractivity contribution in [3.63, 3.8) is 0 Å². The molecule has 2 amide bonds. The molecule has 0 aromatic heterocycles. The van der Waals surface area contributed by atoms with E-state index >= 15 is 0 Å². The number of benzene rings is 2. The van der Waals surface area contributed by atoms with Gasteiger partial charge in [0.1, 0.15) is 0 Å². The van der Waals surface area contributed by atoms with E-state index in [1.165, 1.54) is 30.3 Å². The number of nitrogens with one attached hydrogen (secondary N) is 1. The summed E-state index contributed by atoms with van der Waals surface area (Å²) in [6.45, 7) is -0.527. The summed E-state index contributed by atoms with van der Waals surface area (Å²) in [6.07, 6.45) is -0.143. The van der Waals surface area contributed by atoms with Gasteiger partial charge in [-0.2, -0.15) is 0 Å². The summed E-state index contributed by atoms with van der Waals surface area (Å²) in [4.78, 5) is 48.8. The van der Waals surface area contributed by atoms with Crippen molar-refractivity contribution in [3.05, 3.63) is 68.7 Å². The van der Waals surface area contributed by atoms with Gasteiger partial charge in [-0.25, -0.2) is 0 Å². The quantitative estimate of drug-likeness (QED) is 0.516. The van der Waals surface area contributed by atoms with Crippen molar-refractivity contribution in [2.24, 2.45) is 5.92 Å². The Morgan fingerprint density at radius 2 is 1.67 bits per heavy atom. The molecule has 0 bridgehead atoms. The lowest BCUT2D eigenvalue weighted by Crippen LogP contribution is -2.43. The number of hydrazine groups is 1. The number of ether oxygens (including phenoxy) is 1. The van der Waals surface area contributed by atoms with Crippen molar-refractivity contribution in [1.29, 1.82) is 0 Å². The minimum absolute atomic E-state index is 0.0696. The smallest absolute Gasteiger partial charge is 0.311 e. The van der Waals surface area contributed by atoms with Gasteiger partial charge in [-0.05, 0) is 42.5 Å². The highest BCUT2D eigenvalue weighted by Crippen LogP contribution is 2.23. The predicted molar refractivity (Wildman–Crippen MR) is 110 cm³/mol. The Bertz CT molecular complexity index is 1010. The maximum absolute atomic E-state index is 12.3. The highest BCUT2D eigenvalue weighted by atomic mass is 35.5. The number of rotatable bonds is 6. The zero-order valence-electron chi connectivity index (χ0n) is 15.4. The first kappa shape index (κ1) is 22.1. The minimum atomic E-state index is -0.801. The predicted octanol–water partition coefficient (Wildman–Crippen LogP) is 3.57. The lowest BCUT2D eigenvalue weighted by molar-refractivity contribution is -0.147. The molecule has 1 N–H and O–H groups in total. The first-order valence-electron chi connectivity index (χ1n) is 8.76. The van der Waals surface area contributed by atoms with Crippen LogP contribution in [0.5, 0.6) is 0 Å². The molecule has 2 aromatic carbocycles. The lowest BCUT2D eigenvalue weighted by atomic mass is 10.1. The first-order valence-corrected chi connectivity index (χ1v) is 9.90. The molecule has 0 saturated carbocycles. The van der Waals surface area contributed by atoms with Crippen LogP contribution in [-0.4, -0.2) is 41.7 Å². The highest BCUT2D eigenvalue weighted by molar-refractivity contribution is 6.42. The summed E-state index contributed by atoms with van der Waals surface area (Å²) in [5, 5.41) is 2.01. The van der Waals surface area contributed by atoms with Gasteiger partial charge in [0.25, 0.3) is 5.91 Å². The summed E-state index contributed by atoms with van der Waals surface area (Å²) in [6, 6.07) is 10.5. The zero-order valence-corrected chi connectivity index (χ0v) is 17.6. The Morgan fingerprint density at radius 1 is 1.00 bits per heavy atom. The summed E-state index contributed by atoms with van der Waals surface area (Å²) in [7, 11) is 0. The molecule has 1 unspecified atom stereocenters. The fourth-order valence-corrected chi connectivity index (χ4v) is 3.20. The molecule has 1 saturated heterocycles. The van der Waals surface area contributed by atoms with Gasteiger partial charge in [0.2, 0.25) is 5.91 Å². The van der Waals surface area contributed by atoms with E-state index in [9.17, 15) is 19.2 Å². The van der Waals surface area contributed by atoms with E-state index in [0.717, 1.165) is 5.01 Å². The Balaban J connectivity index is 1.53. The number of hydrogen-bond acceptors (Lipinski definition) is 5. The third-order valence-electron chi connectivity index (χ3n) is 4.39. The van der Waals surface area contributed by atoms with Crippen molar-refractivity contribution in [2.45, 2.75) is 6.42 Å². The maximum Gasteiger partial charge on any atom is 0.311 e. The lowest BCUT2D eigenvalue weighted by Gasteiger charge is -2.17. The van der Waals surface area contributed by atoms with Crippen molar-refractivity contribution in [2.75, 3.05) is 13.2 Å². The second-order valence-corrected chi connectivity index (χ2v) is 7.76. The van der Waals surface area contributed by atoms with Crippen LogP contribution in [-0.2, 0) is 14.3 Å². The van der Waals surface area contributed by atoms with E-state index in [0.29, 0.717) is 15.6 Å². The fraction of sp³-hybridized carbons (Fsp3) is 0.200. The first-order chi connectivity index (χ1) is 14.2. The topological polar surface area (TPSA) is 92.8 Å². The Morgan fingerprint density at radius 3 is 2.33 bits per heavy atom. The molecule has 10 heteroatoms. The molecule has 7 nitrogen and oxygen atoms in total. The molecule has 2 aromatic rings. The molecule has 1 aliphatic heterocycles. The van der Waals surface area contributed by atoms with E-state index in [-0.39, 0.29) is 23.6 Å². The van der Waals surface area contributed by atoms with E-state index in [2.05, 4.69) is 5.43 Å². The number of nitrogens with zero attached hydrogens (tertiary/aromatic N) is 1. The summed E-state index contributed by atoms with van der Waals surface area (Å²) >= 11 is 17.5. The number of halogens is 3. The number of hydrogen-bond donors (Lipinski definition) is 1. The maximum atomic E-state index is 12.3. The zero-order chi connectivity index (χ0) is 21.8. The van der Waals surface area contributed by atoms with E-state index in [4.69, 9.17) is 39.5 Å². The van der Waals surface area contributed by atoms with Gasteiger partial charge in [0.15, 0.2) is 12.4 Å². The van der Waals surface area contributed by atoms with Gasteiger partial charge < -0.3 is 4.74 Å². The molecular formula is C20H15Cl3N2O5. The summed E-state index contributed by atoms with van der Waals surface area (Å²) in [5.41, 5.74) is 2.99. The highest BCUT2D eigenvalue weighted by Gasteiger charge is 2.36. The van der Waals surface area contributed by atoms with Crippen LogP contribution in [0, 0.1) is 5.92 Å². The van der Waals surface area contributed by atoms with Crippen LogP contribution in [0.15, 0.2) is 42.5 Å². The Hall–Kier alpha value is -2.61. The molecule has 156 valence electrons. The van der Waals surface area contributed by atoms with Crippen LogP contribution >= 0.6 is 34.8 Å². The molecule has 3 rings (SSSR count). The van der Waals surface area contributed by atoms with Crippen LogP contribution in [0.4, 0.5) is 0 Å². The third-order valence-corrected chi connectivity index (χ3v) is 5.38. The number of amides is 2. The van der Waals surface area contributed by atoms with Gasteiger partial charge in [-0.15, -0.1) is 0 Å². The standard InChI is InChI=1S/C20H15Cl3N2O5/c21-14-4-1-11(2-5-14)17(26)10-30-20(29)13-8-18(27)25(9-13)24-19(28)12-3-6-15(22)16(23)7-12/h1-7,13H,8-10H2,(H,24,28). The molecule has 1 fully saturated rings. The molecule has 0 radical (unpaired) electrons. The molecule has 0 aliphatic carbocycles. The van der Waals surface area contributed by atoms with Crippen LogP contribution < -0.4 is 5.43 Å². The number of Topliss-reactive ketones (excluding diaryl/α,β-unsaturated/α-hetero) is 1.